The number of carboxylic acid groups (broad SMARTS) is 1. The van der Waals surface area contributed by atoms with Gasteiger partial charge in [-0.1, -0.05) is 13.8 Å². The Hall–Kier alpha value is -1.26. The highest BCUT2D eigenvalue weighted by Gasteiger charge is 2.34. The molecule has 2 saturated carbocycles. The number of amides is 2. The summed E-state index contributed by atoms with van der Waals surface area (Å²) in [4.78, 5) is 24.7. The van der Waals surface area contributed by atoms with Gasteiger partial charge in [-0.2, -0.15) is 0 Å². The molecule has 0 heterocycles. The summed E-state index contributed by atoms with van der Waals surface area (Å²) in [6.07, 6.45) is 6.36. The second kappa shape index (κ2) is 6.02. The third-order valence-corrected chi connectivity index (χ3v) is 4.48. The minimum atomic E-state index is -0.845. The van der Waals surface area contributed by atoms with Crippen LogP contribution in [0.25, 0.3) is 0 Å². The molecule has 114 valence electrons. The Kier molecular flexibility index (Phi) is 4.55. The first kappa shape index (κ1) is 15.1. The Morgan fingerprint density at radius 1 is 1.20 bits per heavy atom. The van der Waals surface area contributed by atoms with E-state index in [0.717, 1.165) is 38.5 Å². The van der Waals surface area contributed by atoms with Crippen LogP contribution in [0, 0.1) is 5.41 Å². The van der Waals surface area contributed by atoms with Crippen molar-refractivity contribution in [1.29, 1.82) is 0 Å². The van der Waals surface area contributed by atoms with Crippen molar-refractivity contribution in [3.63, 3.8) is 0 Å². The Labute approximate surface area is 120 Å². The Bertz CT molecular complexity index is 367. The van der Waals surface area contributed by atoms with E-state index < -0.39 is 5.97 Å². The number of nitrogens with zero attached hydrogens (tertiary/aromatic N) is 1. The molecular formula is C15H26N2O3. The van der Waals surface area contributed by atoms with Gasteiger partial charge in [-0.05, 0) is 43.9 Å². The normalized spacial score (nSPS) is 22.3. The number of urea groups is 1. The van der Waals surface area contributed by atoms with E-state index in [-0.39, 0.29) is 24.5 Å². The van der Waals surface area contributed by atoms with E-state index in [0.29, 0.717) is 12.0 Å². The molecule has 0 saturated heterocycles. The summed E-state index contributed by atoms with van der Waals surface area (Å²) in [5, 5.41) is 11.9. The average Bonchev–Trinajstić information content (AvgIpc) is 3.16. The molecule has 2 rings (SSSR count). The van der Waals surface area contributed by atoms with Gasteiger partial charge >= 0.3 is 12.0 Å². The van der Waals surface area contributed by atoms with Crippen molar-refractivity contribution in [2.75, 3.05) is 6.54 Å². The topological polar surface area (TPSA) is 69.6 Å². The third kappa shape index (κ3) is 4.39. The van der Waals surface area contributed by atoms with E-state index in [1.807, 2.05) is 0 Å². The first-order chi connectivity index (χ1) is 9.37. The van der Waals surface area contributed by atoms with Crippen molar-refractivity contribution in [2.24, 2.45) is 5.41 Å². The van der Waals surface area contributed by atoms with Gasteiger partial charge in [0.25, 0.3) is 0 Å². The fourth-order valence-corrected chi connectivity index (χ4v) is 2.85. The lowest BCUT2D eigenvalue weighted by atomic mass is 9.75. The van der Waals surface area contributed by atoms with E-state index in [2.05, 4.69) is 19.2 Å². The van der Waals surface area contributed by atoms with Crippen LogP contribution in [0.4, 0.5) is 4.79 Å². The van der Waals surface area contributed by atoms with Crippen molar-refractivity contribution in [3.05, 3.63) is 0 Å². The monoisotopic (exact) mass is 282 g/mol. The molecule has 0 radical (unpaired) electrons. The molecule has 0 atom stereocenters. The van der Waals surface area contributed by atoms with Crippen molar-refractivity contribution in [3.8, 4) is 0 Å². The summed E-state index contributed by atoms with van der Waals surface area (Å²) in [7, 11) is 0. The standard InChI is InChI=1S/C15H26N2O3/c1-15(2)8-5-11(6-9-15)16-14(20)17(12-3-4-12)10-7-13(18)19/h11-12H,3-10H2,1-2H3,(H,16,20)(H,18,19). The number of carbonyl (C=O) groups excluding carboxylic acids is 1. The maximum absolute atomic E-state index is 12.3. The van der Waals surface area contributed by atoms with Gasteiger partial charge in [0, 0.05) is 18.6 Å². The number of aliphatic carboxylic acids is 1. The molecule has 2 aliphatic rings. The molecule has 0 unspecified atom stereocenters. The largest absolute Gasteiger partial charge is 0.481 e. The third-order valence-electron chi connectivity index (χ3n) is 4.48. The molecule has 5 nitrogen and oxygen atoms in total. The number of carbonyl (C=O) groups is 2. The molecule has 0 bridgehead atoms. The van der Waals surface area contributed by atoms with Crippen LogP contribution >= 0.6 is 0 Å². The molecule has 0 aromatic rings. The van der Waals surface area contributed by atoms with Crippen molar-refractivity contribution >= 4 is 12.0 Å². The van der Waals surface area contributed by atoms with Gasteiger partial charge in [-0.3, -0.25) is 4.79 Å². The van der Waals surface area contributed by atoms with Gasteiger partial charge in [0.05, 0.1) is 6.42 Å². The van der Waals surface area contributed by atoms with Crippen LogP contribution in [0.2, 0.25) is 0 Å². The van der Waals surface area contributed by atoms with Crippen LogP contribution in [-0.4, -0.2) is 40.6 Å². The molecular weight excluding hydrogens is 256 g/mol. The summed E-state index contributed by atoms with van der Waals surface area (Å²) < 4.78 is 0. The number of carboxylic acids is 1. The van der Waals surface area contributed by atoms with E-state index in [4.69, 9.17) is 5.11 Å². The number of hydrogen-bond donors (Lipinski definition) is 2. The van der Waals surface area contributed by atoms with Gasteiger partial charge in [-0.15, -0.1) is 0 Å². The predicted molar refractivity (Wildman–Crippen MR) is 76.5 cm³/mol. The highest BCUT2D eigenvalue weighted by molar-refractivity contribution is 5.76. The SMILES string of the molecule is CC1(C)CCC(NC(=O)N(CCC(=O)O)C2CC2)CC1. The molecule has 2 aliphatic carbocycles. The molecule has 5 heteroatoms. The zero-order valence-corrected chi connectivity index (χ0v) is 12.5. The van der Waals surface area contributed by atoms with Crippen LogP contribution in [0.15, 0.2) is 0 Å². The fourth-order valence-electron chi connectivity index (χ4n) is 2.85. The molecule has 2 amide bonds. The summed E-state index contributed by atoms with van der Waals surface area (Å²) in [5.41, 5.74) is 0.390. The Morgan fingerprint density at radius 2 is 1.80 bits per heavy atom. The number of nitrogens with one attached hydrogen (secondary N) is 1. The number of rotatable bonds is 5. The molecule has 2 fully saturated rings. The highest BCUT2D eigenvalue weighted by Crippen LogP contribution is 2.35. The van der Waals surface area contributed by atoms with Crippen LogP contribution in [0.5, 0.6) is 0 Å². The van der Waals surface area contributed by atoms with Crippen molar-refractivity contribution in [1.82, 2.24) is 10.2 Å². The molecule has 0 aromatic heterocycles. The fraction of sp³-hybridized carbons (Fsp3) is 0.867. The highest BCUT2D eigenvalue weighted by atomic mass is 16.4. The first-order valence-electron chi connectivity index (χ1n) is 7.66. The van der Waals surface area contributed by atoms with Gasteiger partial charge in [0.1, 0.15) is 0 Å². The molecule has 20 heavy (non-hydrogen) atoms. The zero-order chi connectivity index (χ0) is 14.8. The Balaban J connectivity index is 1.81. The lowest BCUT2D eigenvalue weighted by Gasteiger charge is -2.35. The summed E-state index contributed by atoms with van der Waals surface area (Å²) in [6, 6.07) is 0.439. The van der Waals surface area contributed by atoms with Crippen LogP contribution in [0.3, 0.4) is 0 Å². The van der Waals surface area contributed by atoms with E-state index >= 15 is 0 Å². The van der Waals surface area contributed by atoms with Crippen LogP contribution in [-0.2, 0) is 4.79 Å². The zero-order valence-electron chi connectivity index (χ0n) is 12.5. The average molecular weight is 282 g/mol. The second-order valence-electron chi connectivity index (χ2n) is 6.96. The summed E-state index contributed by atoms with van der Waals surface area (Å²) >= 11 is 0. The lowest BCUT2D eigenvalue weighted by Crippen LogP contribution is -2.48. The minimum Gasteiger partial charge on any atom is -0.481 e. The maximum atomic E-state index is 12.3. The van der Waals surface area contributed by atoms with E-state index in [9.17, 15) is 9.59 Å². The van der Waals surface area contributed by atoms with Crippen molar-refractivity contribution in [2.45, 2.75) is 70.9 Å². The summed E-state index contributed by atoms with van der Waals surface area (Å²) in [5.74, 6) is -0.845. The van der Waals surface area contributed by atoms with E-state index in [1.165, 1.54) is 0 Å². The van der Waals surface area contributed by atoms with E-state index in [1.54, 1.807) is 4.90 Å². The van der Waals surface area contributed by atoms with Crippen molar-refractivity contribution < 1.29 is 14.7 Å². The summed E-state index contributed by atoms with van der Waals surface area (Å²) in [6.45, 7) is 4.87. The Morgan fingerprint density at radius 3 is 2.30 bits per heavy atom. The first-order valence-corrected chi connectivity index (χ1v) is 7.66. The van der Waals surface area contributed by atoms with Gasteiger partial charge < -0.3 is 15.3 Å². The van der Waals surface area contributed by atoms with Gasteiger partial charge in [-0.25, -0.2) is 4.79 Å². The van der Waals surface area contributed by atoms with Gasteiger partial charge in [0.15, 0.2) is 0 Å². The van der Waals surface area contributed by atoms with Gasteiger partial charge in [0.2, 0.25) is 0 Å². The molecule has 2 N–H and O–H groups in total. The van der Waals surface area contributed by atoms with Crippen LogP contribution < -0.4 is 5.32 Å². The second-order valence-corrected chi connectivity index (χ2v) is 6.96. The predicted octanol–water partition coefficient (Wildman–Crippen LogP) is 2.60. The quantitative estimate of drug-likeness (QED) is 0.814. The smallest absolute Gasteiger partial charge is 0.317 e. The minimum absolute atomic E-state index is 0.0294. The molecule has 0 spiro atoms. The van der Waals surface area contributed by atoms with Crippen LogP contribution in [0.1, 0.15) is 58.8 Å². The molecule has 0 aromatic carbocycles. The lowest BCUT2D eigenvalue weighted by molar-refractivity contribution is -0.137. The molecule has 0 aliphatic heterocycles. The number of hydrogen-bond acceptors (Lipinski definition) is 2. The maximum Gasteiger partial charge on any atom is 0.317 e.